The molecule has 0 aromatic carbocycles. The summed E-state index contributed by atoms with van der Waals surface area (Å²) in [5, 5.41) is 8.23. The molecule has 2 atom stereocenters. The molecule has 0 aliphatic heterocycles. The highest BCUT2D eigenvalue weighted by atomic mass is 31.1. The Kier molecular flexibility index (Phi) is 8.98. The van der Waals surface area contributed by atoms with Gasteiger partial charge in [0.15, 0.2) is 6.10 Å². The molecule has 0 aliphatic rings. The minimum Gasteiger partial charge on any atom is -0.870 e. The topological polar surface area (TPSA) is 121 Å². The van der Waals surface area contributed by atoms with Gasteiger partial charge in [0, 0.05) is 0 Å². The van der Waals surface area contributed by atoms with Gasteiger partial charge < -0.3 is 16.3 Å². The standard InChI is InChI=1S/C4H8NO4P.H2O/c5-2-3(9-10-8)1-4(6)7;/h3,10H,1-2,5H2;1H2/p+1. The Morgan fingerprint density at radius 1 is 1.73 bits per heavy atom. The summed E-state index contributed by atoms with van der Waals surface area (Å²) in [6.45, 7) is 0.321. The minimum absolute atomic E-state index is 0. The van der Waals surface area contributed by atoms with E-state index < -0.39 is 20.8 Å². The van der Waals surface area contributed by atoms with Crippen LogP contribution in [-0.2, 0) is 13.9 Å². The fourth-order valence-electron chi connectivity index (χ4n) is 0.465. The van der Waals surface area contributed by atoms with Crippen LogP contribution in [0.25, 0.3) is 0 Å². The van der Waals surface area contributed by atoms with E-state index in [0.29, 0.717) is 6.54 Å². The fourth-order valence-corrected chi connectivity index (χ4v) is 0.803. The van der Waals surface area contributed by atoms with E-state index in [9.17, 15) is 9.36 Å². The SMILES string of the molecule is [NH3+]CC(CC(=O)O)O[PH+]=O.[OH-]. The van der Waals surface area contributed by atoms with Crippen molar-refractivity contribution in [3.8, 4) is 0 Å². The van der Waals surface area contributed by atoms with E-state index >= 15 is 0 Å². The Morgan fingerprint density at radius 2 is 2.27 bits per heavy atom. The van der Waals surface area contributed by atoms with Crippen LogP contribution in [0.1, 0.15) is 6.42 Å². The van der Waals surface area contributed by atoms with Gasteiger partial charge in [-0.25, -0.2) is 0 Å². The van der Waals surface area contributed by atoms with Gasteiger partial charge in [0.25, 0.3) is 0 Å². The van der Waals surface area contributed by atoms with Gasteiger partial charge in [-0.1, -0.05) is 0 Å². The molecule has 0 spiro atoms. The Labute approximate surface area is 64.9 Å². The maximum atomic E-state index is 10.0. The summed E-state index contributed by atoms with van der Waals surface area (Å²) in [5.41, 5.74) is 3.43. The molecule has 0 saturated heterocycles. The van der Waals surface area contributed by atoms with Crippen LogP contribution < -0.4 is 5.73 Å². The minimum atomic E-state index is -0.966. The summed E-state index contributed by atoms with van der Waals surface area (Å²) in [6.07, 6.45) is -0.660. The highest BCUT2D eigenvalue weighted by Gasteiger charge is 2.17. The predicted molar refractivity (Wildman–Crippen MR) is 35.8 cm³/mol. The second-order valence-corrected chi connectivity index (χ2v) is 2.11. The van der Waals surface area contributed by atoms with E-state index in [1.165, 1.54) is 0 Å². The van der Waals surface area contributed by atoms with Crippen LogP contribution in [0.3, 0.4) is 0 Å². The molecule has 0 bridgehead atoms. The zero-order chi connectivity index (χ0) is 7.98. The van der Waals surface area contributed by atoms with Crippen LogP contribution in [0.5, 0.6) is 0 Å². The van der Waals surface area contributed by atoms with E-state index in [1.54, 1.807) is 0 Å². The maximum absolute atomic E-state index is 10.0. The van der Waals surface area contributed by atoms with Gasteiger partial charge in [-0.3, -0.25) is 4.79 Å². The van der Waals surface area contributed by atoms with Crippen LogP contribution in [-0.4, -0.2) is 29.2 Å². The number of quaternary nitrogens is 1. The van der Waals surface area contributed by atoms with Crippen LogP contribution in [0.15, 0.2) is 0 Å². The van der Waals surface area contributed by atoms with Crippen LogP contribution >= 0.6 is 8.69 Å². The first-order chi connectivity index (χ1) is 4.70. The zero-order valence-electron chi connectivity index (χ0n) is 5.82. The van der Waals surface area contributed by atoms with Crippen LogP contribution in [0.2, 0.25) is 0 Å². The van der Waals surface area contributed by atoms with Crippen molar-refractivity contribution >= 4 is 14.7 Å². The van der Waals surface area contributed by atoms with Crippen molar-refractivity contribution in [1.82, 2.24) is 0 Å². The smallest absolute Gasteiger partial charge is 0.494 e. The van der Waals surface area contributed by atoms with Crippen LogP contribution in [0, 0.1) is 0 Å². The first-order valence-electron chi connectivity index (χ1n) is 2.74. The Morgan fingerprint density at radius 3 is 2.55 bits per heavy atom. The number of hydrogen-bond donors (Lipinski definition) is 2. The largest absolute Gasteiger partial charge is 0.870 e. The third-order valence-electron chi connectivity index (χ3n) is 0.939. The van der Waals surface area contributed by atoms with Crippen molar-refractivity contribution in [1.29, 1.82) is 0 Å². The number of hydrogen-bond acceptors (Lipinski definition) is 4. The summed E-state index contributed by atoms with van der Waals surface area (Å²) >= 11 is 0. The molecule has 0 fully saturated rings. The highest BCUT2D eigenvalue weighted by Crippen LogP contribution is 2.04. The molecular formula is C4H11NO5P+. The van der Waals surface area contributed by atoms with E-state index in [4.69, 9.17) is 5.11 Å². The van der Waals surface area contributed by atoms with Gasteiger partial charge in [-0.2, -0.15) is 0 Å². The lowest BCUT2D eigenvalue weighted by atomic mass is 10.3. The van der Waals surface area contributed by atoms with E-state index in [1.807, 2.05) is 0 Å². The van der Waals surface area contributed by atoms with Gasteiger partial charge in [0.2, 0.25) is 0 Å². The average molecular weight is 184 g/mol. The summed E-state index contributed by atoms with van der Waals surface area (Å²) < 4.78 is 14.4. The molecule has 0 aliphatic carbocycles. The lowest BCUT2D eigenvalue weighted by Crippen LogP contribution is -2.56. The normalized spacial score (nSPS) is 12.1. The van der Waals surface area contributed by atoms with Gasteiger partial charge in [0.05, 0.1) is 6.42 Å². The van der Waals surface area contributed by atoms with E-state index in [0.717, 1.165) is 0 Å². The molecule has 66 valence electrons. The van der Waals surface area contributed by atoms with Crippen molar-refractivity contribution in [3.05, 3.63) is 0 Å². The predicted octanol–water partition coefficient (Wildman–Crippen LogP) is -1.15. The van der Waals surface area contributed by atoms with Crippen molar-refractivity contribution in [2.45, 2.75) is 12.5 Å². The summed E-state index contributed by atoms with van der Waals surface area (Å²) in [5.74, 6) is -0.966. The summed E-state index contributed by atoms with van der Waals surface area (Å²) in [4.78, 5) is 10.0. The maximum Gasteiger partial charge on any atom is 0.494 e. The van der Waals surface area contributed by atoms with Gasteiger partial charge in [0.1, 0.15) is 6.54 Å². The average Bonchev–Trinajstić information content (AvgIpc) is 1.86. The highest BCUT2D eigenvalue weighted by molar-refractivity contribution is 7.17. The van der Waals surface area contributed by atoms with Gasteiger partial charge >= 0.3 is 14.7 Å². The zero-order valence-corrected chi connectivity index (χ0v) is 6.82. The number of rotatable bonds is 5. The monoisotopic (exact) mass is 184 g/mol. The molecular weight excluding hydrogens is 173 g/mol. The summed E-state index contributed by atoms with van der Waals surface area (Å²) in [7, 11) is -0.909. The third kappa shape index (κ3) is 7.35. The molecule has 0 amide bonds. The molecule has 7 heteroatoms. The van der Waals surface area contributed by atoms with Crippen LogP contribution in [0.4, 0.5) is 0 Å². The molecule has 0 aromatic rings. The molecule has 11 heavy (non-hydrogen) atoms. The second kappa shape index (κ2) is 7.56. The fraction of sp³-hybridized carbons (Fsp3) is 0.750. The Bertz CT molecular complexity index is 130. The second-order valence-electron chi connectivity index (χ2n) is 1.71. The molecule has 0 heterocycles. The summed E-state index contributed by atoms with van der Waals surface area (Å²) in [6, 6.07) is 0. The molecule has 0 radical (unpaired) electrons. The molecule has 2 unspecified atom stereocenters. The Balaban J connectivity index is 0. The first kappa shape index (κ1) is 13.1. The molecule has 5 N–H and O–H groups in total. The third-order valence-corrected chi connectivity index (χ3v) is 1.37. The van der Waals surface area contributed by atoms with Gasteiger partial charge in [-0.05, 0) is 4.57 Å². The molecule has 0 rings (SSSR count). The van der Waals surface area contributed by atoms with E-state index in [-0.39, 0.29) is 11.9 Å². The number of carboxylic acid groups (broad SMARTS) is 1. The number of carbonyl (C=O) groups is 1. The number of carboxylic acids is 1. The van der Waals surface area contributed by atoms with Crippen molar-refractivity contribution in [3.63, 3.8) is 0 Å². The Hall–Kier alpha value is -0.550. The molecule has 0 saturated carbocycles. The van der Waals surface area contributed by atoms with Crippen molar-refractivity contribution < 1.29 is 30.2 Å². The van der Waals surface area contributed by atoms with E-state index in [2.05, 4.69) is 10.3 Å². The lowest BCUT2D eigenvalue weighted by Gasteiger charge is -1.98. The number of aliphatic carboxylic acids is 1. The molecule has 0 aromatic heterocycles. The molecule has 6 nitrogen and oxygen atoms in total. The van der Waals surface area contributed by atoms with Crippen molar-refractivity contribution in [2.24, 2.45) is 0 Å². The van der Waals surface area contributed by atoms with Crippen molar-refractivity contribution in [2.75, 3.05) is 6.54 Å². The lowest BCUT2D eigenvalue weighted by molar-refractivity contribution is -0.381. The quantitative estimate of drug-likeness (QED) is 0.522. The van der Waals surface area contributed by atoms with Gasteiger partial charge in [-0.15, -0.1) is 4.52 Å². The first-order valence-corrected chi connectivity index (χ1v) is 3.56.